The van der Waals surface area contributed by atoms with Crippen LogP contribution in [0.4, 0.5) is 0 Å². The van der Waals surface area contributed by atoms with E-state index in [9.17, 15) is 9.59 Å². The quantitative estimate of drug-likeness (QED) is 0.731. The third-order valence-corrected chi connectivity index (χ3v) is 1.42. The average molecular weight is 211 g/mol. The fraction of sp³-hybridized carbons (Fsp3) is 0. The zero-order chi connectivity index (χ0) is 8.43. The summed E-state index contributed by atoms with van der Waals surface area (Å²) in [5, 5.41) is 16.7. The van der Waals surface area contributed by atoms with Crippen molar-refractivity contribution in [3.8, 4) is 0 Å². The van der Waals surface area contributed by atoms with Crippen LogP contribution in [-0.2, 0) is 0 Å². The van der Waals surface area contributed by atoms with Gasteiger partial charge in [-0.05, 0) is 0 Å². The number of aromatic nitrogens is 2. The first-order valence-electron chi connectivity index (χ1n) is 2.42. The van der Waals surface area contributed by atoms with Crippen LogP contribution in [-0.4, -0.2) is 30.9 Å². The predicted octanol–water partition coefficient (Wildman–Crippen LogP) is 0.356. The van der Waals surface area contributed by atoms with Crippen molar-refractivity contribution in [2.24, 2.45) is 0 Å². The lowest BCUT2D eigenvalue weighted by atomic mass is 10.3. The molecule has 2 N–H and O–H groups in total. The van der Waals surface area contributed by atoms with E-state index in [1.165, 1.54) is 0 Å². The van der Waals surface area contributed by atoms with Crippen LogP contribution in [0.5, 0.6) is 0 Å². The van der Waals surface area contributed by atoms with E-state index < -0.39 is 23.3 Å². The summed E-state index contributed by atoms with van der Waals surface area (Å²) in [6, 6.07) is 0. The van der Waals surface area contributed by atoms with Crippen molar-refractivity contribution in [1.82, 2.24) is 8.75 Å². The number of hydrogen-bond donors (Lipinski definition) is 2. The molecule has 1 aromatic heterocycles. The van der Waals surface area contributed by atoms with Crippen molar-refractivity contribution in [2.75, 3.05) is 0 Å². The molecule has 0 aliphatic carbocycles. The Morgan fingerprint density at radius 1 is 1.08 bits per heavy atom. The van der Waals surface area contributed by atoms with Crippen molar-refractivity contribution in [3.63, 3.8) is 0 Å². The van der Waals surface area contributed by atoms with Gasteiger partial charge in [0.05, 0.1) is 11.7 Å². The van der Waals surface area contributed by atoms with Crippen molar-refractivity contribution in [2.45, 2.75) is 0 Å². The molecule has 0 saturated carbocycles. The number of carboxylic acid groups (broad SMARTS) is 2. The molecule has 0 bridgehead atoms. The van der Waals surface area contributed by atoms with E-state index in [0.717, 1.165) is 0 Å². The van der Waals surface area contributed by atoms with Crippen LogP contribution in [0, 0.1) is 0 Å². The molecule has 12 heavy (non-hydrogen) atoms. The summed E-state index contributed by atoms with van der Waals surface area (Å²) in [4.78, 5) is 20.5. The van der Waals surface area contributed by atoms with Crippen LogP contribution in [0.2, 0.25) is 0 Å². The molecule has 0 fully saturated rings. The number of carboxylic acids is 2. The topological polar surface area (TPSA) is 100 Å². The molecule has 0 radical (unpaired) electrons. The fourth-order valence-corrected chi connectivity index (χ4v) is 1.00. The van der Waals surface area contributed by atoms with Gasteiger partial charge in [-0.2, -0.15) is 8.75 Å². The van der Waals surface area contributed by atoms with E-state index in [2.05, 4.69) is 8.75 Å². The smallest absolute Gasteiger partial charge is 0.358 e. The molecule has 0 saturated heterocycles. The van der Waals surface area contributed by atoms with E-state index in [-0.39, 0.29) is 12.4 Å². The van der Waals surface area contributed by atoms with Gasteiger partial charge in [-0.15, -0.1) is 12.4 Å². The summed E-state index contributed by atoms with van der Waals surface area (Å²) in [6.07, 6.45) is 0. The largest absolute Gasteiger partial charge is 0.476 e. The molecule has 0 aliphatic heterocycles. The molecule has 0 aliphatic rings. The van der Waals surface area contributed by atoms with Crippen molar-refractivity contribution >= 4 is 36.1 Å². The monoisotopic (exact) mass is 210 g/mol. The van der Waals surface area contributed by atoms with Crippen LogP contribution in [0.1, 0.15) is 21.0 Å². The highest BCUT2D eigenvalue weighted by atomic mass is 35.5. The minimum Gasteiger partial charge on any atom is -0.476 e. The number of carbonyl (C=O) groups is 2. The fourth-order valence-electron chi connectivity index (χ4n) is 0.469. The van der Waals surface area contributed by atoms with Gasteiger partial charge in [0.15, 0.2) is 11.4 Å². The molecule has 1 rings (SSSR count). The van der Waals surface area contributed by atoms with Crippen molar-refractivity contribution < 1.29 is 19.8 Å². The Labute approximate surface area is 76.6 Å². The SMILES string of the molecule is Cl.O=C(O)c1nsnc1C(=O)O. The minimum atomic E-state index is -1.38. The number of nitrogens with zero attached hydrogens (tertiary/aromatic N) is 2. The van der Waals surface area contributed by atoms with Gasteiger partial charge in [0.2, 0.25) is 0 Å². The second kappa shape index (κ2) is 3.98. The molecule has 8 heteroatoms. The molecule has 1 heterocycles. The van der Waals surface area contributed by atoms with Crippen LogP contribution >= 0.6 is 24.1 Å². The second-order valence-electron chi connectivity index (χ2n) is 1.57. The summed E-state index contributed by atoms with van der Waals surface area (Å²) in [5.74, 6) is -2.76. The maximum atomic E-state index is 10.2. The maximum absolute atomic E-state index is 10.2. The molecule has 0 amide bonds. The van der Waals surface area contributed by atoms with Gasteiger partial charge >= 0.3 is 11.9 Å². The van der Waals surface area contributed by atoms with E-state index in [4.69, 9.17) is 10.2 Å². The molecule has 0 atom stereocenters. The zero-order valence-corrected chi connectivity index (χ0v) is 7.05. The average Bonchev–Trinajstić information content (AvgIpc) is 2.32. The third kappa shape index (κ3) is 1.89. The van der Waals surface area contributed by atoms with Crippen molar-refractivity contribution in [3.05, 3.63) is 11.4 Å². The normalized spacial score (nSPS) is 8.67. The summed E-state index contributed by atoms with van der Waals surface area (Å²) < 4.78 is 6.57. The van der Waals surface area contributed by atoms with Gasteiger partial charge in [0, 0.05) is 0 Å². The van der Waals surface area contributed by atoms with E-state index in [0.29, 0.717) is 11.7 Å². The Morgan fingerprint density at radius 3 is 1.67 bits per heavy atom. The summed E-state index contributed by atoms with van der Waals surface area (Å²) in [7, 11) is 0. The molecule has 0 aromatic carbocycles. The van der Waals surface area contributed by atoms with Gasteiger partial charge < -0.3 is 10.2 Å². The van der Waals surface area contributed by atoms with Crippen LogP contribution in [0.3, 0.4) is 0 Å². The number of aromatic carboxylic acids is 2. The lowest BCUT2D eigenvalue weighted by molar-refractivity contribution is 0.0644. The summed E-state index contributed by atoms with van der Waals surface area (Å²) in [6.45, 7) is 0. The van der Waals surface area contributed by atoms with Gasteiger partial charge in [-0.25, -0.2) is 9.59 Å². The Bertz CT molecular complexity index is 283. The molecule has 66 valence electrons. The number of rotatable bonds is 2. The van der Waals surface area contributed by atoms with E-state index in [1.807, 2.05) is 0 Å². The summed E-state index contributed by atoms with van der Waals surface area (Å²) >= 11 is 0.561. The molecular formula is C4H3ClN2O4S. The van der Waals surface area contributed by atoms with E-state index >= 15 is 0 Å². The second-order valence-corrected chi connectivity index (χ2v) is 2.10. The lowest BCUT2D eigenvalue weighted by Crippen LogP contribution is -2.07. The molecule has 0 spiro atoms. The van der Waals surface area contributed by atoms with Gasteiger partial charge in [-0.1, -0.05) is 0 Å². The molecule has 1 aromatic rings. The number of hydrogen-bond acceptors (Lipinski definition) is 5. The first-order valence-corrected chi connectivity index (χ1v) is 3.15. The summed E-state index contributed by atoms with van der Waals surface area (Å²) in [5.41, 5.74) is -1.02. The standard InChI is InChI=1S/C4H2N2O4S.ClH/c7-3(8)1-2(4(9)10)6-11-5-1;/h(H,7,8)(H,9,10);1H. The van der Waals surface area contributed by atoms with Gasteiger partial charge in [0.1, 0.15) is 0 Å². The van der Waals surface area contributed by atoms with Gasteiger partial charge in [0.25, 0.3) is 0 Å². The Morgan fingerprint density at radius 2 is 1.42 bits per heavy atom. The maximum Gasteiger partial charge on any atom is 0.358 e. The molecule has 6 nitrogen and oxygen atoms in total. The number of halogens is 1. The van der Waals surface area contributed by atoms with Crippen molar-refractivity contribution in [1.29, 1.82) is 0 Å². The first-order chi connectivity index (χ1) is 5.13. The Hall–Kier alpha value is -1.21. The highest BCUT2D eigenvalue weighted by Gasteiger charge is 2.20. The Balaban J connectivity index is 0.00000121. The van der Waals surface area contributed by atoms with Crippen LogP contribution < -0.4 is 0 Å². The highest BCUT2D eigenvalue weighted by Crippen LogP contribution is 2.04. The highest BCUT2D eigenvalue weighted by molar-refractivity contribution is 6.99. The van der Waals surface area contributed by atoms with Gasteiger partial charge in [-0.3, -0.25) is 0 Å². The van der Waals surface area contributed by atoms with E-state index in [1.54, 1.807) is 0 Å². The Kier molecular flexibility index (Phi) is 3.58. The first kappa shape index (κ1) is 10.8. The third-order valence-electron chi connectivity index (χ3n) is 0.894. The predicted molar refractivity (Wildman–Crippen MR) is 41.1 cm³/mol. The zero-order valence-electron chi connectivity index (χ0n) is 5.42. The van der Waals surface area contributed by atoms with Crippen LogP contribution in [0.25, 0.3) is 0 Å². The molecule has 0 unspecified atom stereocenters. The van der Waals surface area contributed by atoms with Crippen LogP contribution in [0.15, 0.2) is 0 Å². The minimum absolute atomic E-state index is 0. The lowest BCUT2D eigenvalue weighted by Gasteiger charge is -1.86. The molecular weight excluding hydrogens is 208 g/mol.